The molecule has 2 heterocycles. The van der Waals surface area contributed by atoms with Crippen LogP contribution in [0.15, 0.2) is 0 Å². The van der Waals surface area contributed by atoms with Gasteiger partial charge >= 0.3 is 0 Å². The minimum atomic E-state index is -1.89. The van der Waals surface area contributed by atoms with E-state index < -0.39 is 16.6 Å². The predicted molar refractivity (Wildman–Crippen MR) is 132 cm³/mol. The summed E-state index contributed by atoms with van der Waals surface area (Å²) < 4.78 is 13.7. The van der Waals surface area contributed by atoms with Gasteiger partial charge in [0.1, 0.15) is 0 Å². The Balaban J connectivity index is 2.28. The molecular weight excluding hydrogens is 406 g/mol. The van der Waals surface area contributed by atoms with Crippen molar-refractivity contribution in [2.45, 2.75) is 123 Å². The molecule has 2 fully saturated rings. The van der Waals surface area contributed by atoms with Crippen molar-refractivity contribution in [2.75, 3.05) is 13.2 Å². The van der Waals surface area contributed by atoms with E-state index in [9.17, 15) is 4.79 Å². The number of carbonyl (C=O) groups is 1. The first-order valence-corrected chi connectivity index (χ1v) is 17.9. The van der Waals surface area contributed by atoms with Crippen molar-refractivity contribution in [3.05, 3.63) is 0 Å². The second-order valence-electron chi connectivity index (χ2n) is 12.9. The van der Waals surface area contributed by atoms with E-state index in [2.05, 4.69) is 79.6 Å². The summed E-state index contributed by atoms with van der Waals surface area (Å²) in [5.41, 5.74) is 0. The van der Waals surface area contributed by atoms with Crippen LogP contribution < -0.4 is 0 Å². The third-order valence-corrected chi connectivity index (χ3v) is 17.6. The van der Waals surface area contributed by atoms with E-state index in [-0.39, 0.29) is 16.2 Å². The molecule has 0 saturated carbocycles. The number of rotatable bonds is 6. The molecular formula is C24H49NO3Si2. The molecule has 0 aliphatic carbocycles. The van der Waals surface area contributed by atoms with Crippen LogP contribution in [-0.2, 0) is 13.6 Å². The number of carbonyl (C=O) groups excluding carboxylic acids is 1. The molecule has 6 heteroatoms. The predicted octanol–water partition coefficient (Wildman–Crippen LogP) is 6.44. The fourth-order valence-corrected chi connectivity index (χ4v) is 6.95. The molecule has 4 atom stereocenters. The van der Waals surface area contributed by atoms with E-state index in [0.29, 0.717) is 30.2 Å². The van der Waals surface area contributed by atoms with E-state index in [1.165, 1.54) is 0 Å². The van der Waals surface area contributed by atoms with Crippen LogP contribution in [0.2, 0.25) is 36.3 Å². The molecule has 0 aromatic rings. The van der Waals surface area contributed by atoms with Gasteiger partial charge in [-0.25, -0.2) is 0 Å². The van der Waals surface area contributed by atoms with Crippen LogP contribution in [0.3, 0.4) is 0 Å². The molecule has 30 heavy (non-hydrogen) atoms. The van der Waals surface area contributed by atoms with Crippen molar-refractivity contribution in [1.82, 2.24) is 4.90 Å². The summed E-state index contributed by atoms with van der Waals surface area (Å²) >= 11 is 0. The quantitative estimate of drug-likeness (QED) is 0.433. The molecule has 2 aliphatic heterocycles. The van der Waals surface area contributed by atoms with Crippen molar-refractivity contribution in [3.8, 4) is 0 Å². The minimum Gasteiger partial charge on any atom is -0.417 e. The average molecular weight is 456 g/mol. The fraction of sp³-hybridized carbons (Fsp3) is 0.958. The molecule has 2 saturated heterocycles. The zero-order valence-electron chi connectivity index (χ0n) is 21.7. The Kier molecular flexibility index (Phi) is 7.81. The molecule has 0 N–H and O–H groups in total. The maximum absolute atomic E-state index is 12.6. The van der Waals surface area contributed by atoms with E-state index in [0.717, 1.165) is 32.4 Å². The summed E-state index contributed by atoms with van der Waals surface area (Å²) in [6, 6.07) is 0.313. The summed E-state index contributed by atoms with van der Waals surface area (Å²) in [6.07, 6.45) is 4.01. The van der Waals surface area contributed by atoms with Gasteiger partial charge in [-0.1, -0.05) is 48.5 Å². The topological polar surface area (TPSA) is 38.8 Å². The first-order valence-electron chi connectivity index (χ1n) is 12.1. The number of fused-ring (bicyclic) bond motifs is 1. The molecule has 0 bridgehead atoms. The number of hydrogen-bond acceptors (Lipinski definition) is 3. The second kappa shape index (κ2) is 8.99. The summed E-state index contributed by atoms with van der Waals surface area (Å²) in [5, 5.41) is 0.401. The average Bonchev–Trinajstić information content (AvgIpc) is 2.82. The van der Waals surface area contributed by atoms with Gasteiger partial charge in [0, 0.05) is 31.5 Å². The van der Waals surface area contributed by atoms with Gasteiger partial charge in [-0.3, -0.25) is 4.79 Å². The molecule has 2 aliphatic rings. The molecule has 176 valence electrons. The van der Waals surface area contributed by atoms with Crippen molar-refractivity contribution in [2.24, 2.45) is 11.8 Å². The van der Waals surface area contributed by atoms with Crippen LogP contribution in [-0.4, -0.2) is 52.7 Å². The number of hydrogen-bond donors (Lipinski definition) is 0. The van der Waals surface area contributed by atoms with Crippen LogP contribution in [0.1, 0.15) is 74.1 Å². The molecule has 0 aromatic heterocycles. The highest BCUT2D eigenvalue weighted by Gasteiger charge is 2.48. The first kappa shape index (κ1) is 26.1. The van der Waals surface area contributed by atoms with Gasteiger partial charge in [-0.2, -0.15) is 0 Å². The van der Waals surface area contributed by atoms with Gasteiger partial charge < -0.3 is 13.8 Å². The zero-order chi connectivity index (χ0) is 23.1. The molecule has 4 nitrogen and oxygen atoms in total. The van der Waals surface area contributed by atoms with E-state index in [1.807, 2.05) is 0 Å². The van der Waals surface area contributed by atoms with Crippen LogP contribution in [0.25, 0.3) is 0 Å². The number of amides is 1. The van der Waals surface area contributed by atoms with Crippen LogP contribution in [0.4, 0.5) is 0 Å². The van der Waals surface area contributed by atoms with Gasteiger partial charge in [-0.15, -0.1) is 0 Å². The summed E-state index contributed by atoms with van der Waals surface area (Å²) in [7, 11) is -3.69. The monoisotopic (exact) mass is 455 g/mol. The third kappa shape index (κ3) is 5.59. The van der Waals surface area contributed by atoms with Gasteiger partial charge in [0.15, 0.2) is 16.6 Å². The highest BCUT2D eigenvalue weighted by Crippen LogP contribution is 2.44. The van der Waals surface area contributed by atoms with Gasteiger partial charge in [0.05, 0.1) is 6.10 Å². The Morgan fingerprint density at radius 2 is 1.57 bits per heavy atom. The Morgan fingerprint density at radius 3 is 2.10 bits per heavy atom. The lowest BCUT2D eigenvalue weighted by Gasteiger charge is -2.45. The van der Waals surface area contributed by atoms with Crippen LogP contribution >= 0.6 is 0 Å². The smallest absolute Gasteiger partial charge is 0.222 e. The molecule has 0 aromatic carbocycles. The maximum atomic E-state index is 12.6. The second-order valence-corrected chi connectivity index (χ2v) is 22.4. The standard InChI is InChI=1S/C24H49NO3Si2/c1-18(17-27-29(8,9)23(2,3)4)22-19-14-15-21(26)25(19)16-12-13-20(22)28-30(10,11)24(5,6)7/h18-20,22H,12-17H2,1-11H3/t18-,19+,20-,22-/m1/s1. The maximum Gasteiger partial charge on any atom is 0.222 e. The lowest BCUT2D eigenvalue weighted by Crippen LogP contribution is -2.51. The third-order valence-electron chi connectivity index (χ3n) is 8.56. The van der Waals surface area contributed by atoms with Crippen molar-refractivity contribution >= 4 is 22.5 Å². The lowest BCUT2D eigenvalue weighted by atomic mass is 9.81. The van der Waals surface area contributed by atoms with Crippen LogP contribution in [0.5, 0.6) is 0 Å². The van der Waals surface area contributed by atoms with E-state index in [4.69, 9.17) is 8.85 Å². The van der Waals surface area contributed by atoms with Crippen molar-refractivity contribution in [3.63, 3.8) is 0 Å². The summed E-state index contributed by atoms with van der Waals surface area (Å²) in [5.74, 6) is 1.08. The van der Waals surface area contributed by atoms with Crippen molar-refractivity contribution in [1.29, 1.82) is 0 Å². The largest absolute Gasteiger partial charge is 0.417 e. The summed E-state index contributed by atoms with van der Waals surface area (Å²) in [6.45, 7) is 27.3. The summed E-state index contributed by atoms with van der Waals surface area (Å²) in [4.78, 5) is 14.8. The highest BCUT2D eigenvalue weighted by molar-refractivity contribution is 6.74. The fourth-order valence-electron chi connectivity index (χ4n) is 4.46. The van der Waals surface area contributed by atoms with E-state index >= 15 is 0 Å². The lowest BCUT2D eigenvalue weighted by molar-refractivity contribution is -0.129. The minimum absolute atomic E-state index is 0.190. The SMILES string of the molecule is C[C@H](CO[Si](C)(C)C(C)(C)C)[C@H]1[C@H](O[Si](C)(C)C(C)(C)C)CCCN2C(=O)CC[C@@H]12. The Bertz CT molecular complexity index is 607. The Morgan fingerprint density at radius 1 is 1.00 bits per heavy atom. The molecule has 0 unspecified atom stereocenters. The molecule has 1 amide bonds. The van der Waals surface area contributed by atoms with Gasteiger partial charge in [0.25, 0.3) is 0 Å². The Labute approximate surface area is 188 Å². The van der Waals surface area contributed by atoms with Crippen molar-refractivity contribution < 1.29 is 13.6 Å². The zero-order valence-corrected chi connectivity index (χ0v) is 23.7. The van der Waals surface area contributed by atoms with E-state index in [1.54, 1.807) is 0 Å². The highest BCUT2D eigenvalue weighted by atomic mass is 28.4. The Hall–Kier alpha value is -0.176. The van der Waals surface area contributed by atoms with Gasteiger partial charge in [-0.05, 0) is 61.4 Å². The normalized spacial score (nSPS) is 27.8. The first-order chi connectivity index (χ1) is 13.5. The van der Waals surface area contributed by atoms with Gasteiger partial charge in [0.2, 0.25) is 5.91 Å². The van der Waals surface area contributed by atoms with Crippen LogP contribution in [0, 0.1) is 11.8 Å². The molecule has 2 rings (SSSR count). The molecule has 0 spiro atoms. The number of nitrogens with zero attached hydrogens (tertiary/aromatic N) is 1. The molecule has 0 radical (unpaired) electrons.